The average molecular weight is 353 g/mol. The molecule has 0 bridgehead atoms. The normalized spacial score (nSPS) is 10.8. The summed E-state index contributed by atoms with van der Waals surface area (Å²) in [5, 5.41) is 9.85. The summed E-state index contributed by atoms with van der Waals surface area (Å²) in [6, 6.07) is 10.1. The van der Waals surface area contributed by atoms with Gasteiger partial charge in [-0.25, -0.2) is 0 Å². The van der Waals surface area contributed by atoms with E-state index in [1.807, 2.05) is 35.0 Å². The van der Waals surface area contributed by atoms with Gasteiger partial charge >= 0.3 is 5.97 Å². The number of nitrogens with zero attached hydrogens (tertiary/aromatic N) is 3. The molecule has 1 aromatic heterocycles. The monoisotopic (exact) mass is 353 g/mol. The Kier molecular flexibility index (Phi) is 6.98. The Bertz CT molecular complexity index is 846. The van der Waals surface area contributed by atoms with Gasteiger partial charge in [0.15, 0.2) is 0 Å². The number of hydrogen-bond acceptors (Lipinski definition) is 4. The van der Waals surface area contributed by atoms with Gasteiger partial charge in [-0.3, -0.25) is 9.59 Å². The van der Waals surface area contributed by atoms with Crippen molar-refractivity contribution < 1.29 is 14.3 Å². The van der Waals surface area contributed by atoms with Crippen LogP contribution in [0.1, 0.15) is 24.8 Å². The molecule has 136 valence electrons. The summed E-state index contributed by atoms with van der Waals surface area (Å²) in [6.07, 6.45) is 6.59. The number of carbonyl (C=O) groups is 2. The molecule has 6 heteroatoms. The summed E-state index contributed by atoms with van der Waals surface area (Å²) in [6.45, 7) is 1.11. The topological polar surface area (TPSA) is 75.3 Å². The fraction of sp³-hybridized carbons (Fsp3) is 0.350. The van der Waals surface area contributed by atoms with Gasteiger partial charge in [0.1, 0.15) is 0 Å². The molecule has 2 rings (SSSR count). The zero-order valence-electron chi connectivity index (χ0n) is 15.1. The maximum Gasteiger partial charge on any atom is 0.305 e. The van der Waals surface area contributed by atoms with Crippen LogP contribution in [0.15, 0.2) is 36.5 Å². The van der Waals surface area contributed by atoms with Crippen LogP contribution in [-0.4, -0.2) is 42.0 Å². The number of benzene rings is 1. The largest absolute Gasteiger partial charge is 0.469 e. The first kappa shape index (κ1) is 19.3. The number of methoxy groups -OCH3 is 1. The molecule has 0 fully saturated rings. The first-order valence-electron chi connectivity index (χ1n) is 8.51. The van der Waals surface area contributed by atoms with E-state index < -0.39 is 0 Å². The first-order valence-corrected chi connectivity index (χ1v) is 8.51. The molecule has 6 nitrogen and oxygen atoms in total. The van der Waals surface area contributed by atoms with E-state index in [-0.39, 0.29) is 11.9 Å². The van der Waals surface area contributed by atoms with Crippen LogP contribution in [0.5, 0.6) is 0 Å². The molecule has 0 saturated carbocycles. The number of nitriles is 1. The van der Waals surface area contributed by atoms with Gasteiger partial charge in [-0.05, 0) is 18.6 Å². The van der Waals surface area contributed by atoms with Crippen molar-refractivity contribution in [3.05, 3.63) is 42.1 Å². The molecule has 0 unspecified atom stereocenters. The quantitative estimate of drug-likeness (QED) is 0.540. The highest BCUT2D eigenvalue weighted by atomic mass is 16.5. The molecule has 0 aliphatic rings. The Morgan fingerprint density at radius 3 is 2.85 bits per heavy atom. The van der Waals surface area contributed by atoms with Crippen LogP contribution in [0.2, 0.25) is 0 Å². The number of likely N-dealkylation sites (N-methyl/N-ethyl adjacent to an activating group) is 1. The number of para-hydroxylation sites is 1. The van der Waals surface area contributed by atoms with Crippen LogP contribution in [0.3, 0.4) is 0 Å². The Morgan fingerprint density at radius 1 is 1.35 bits per heavy atom. The lowest BCUT2D eigenvalue weighted by atomic mass is 10.1. The first-order chi connectivity index (χ1) is 12.6. The standard InChI is InChI=1S/C20H23N3O3/c1-22(13-5-9-20(25)26-2)19(24)11-10-16-15-23(14-6-12-21)18-8-4-3-7-17(16)18/h3-4,7-8,10-11,15H,5-6,9,13-14H2,1-2H3/b11-10+. The highest BCUT2D eigenvalue weighted by Crippen LogP contribution is 2.22. The molecular formula is C20H23N3O3. The van der Waals surface area contributed by atoms with Crippen molar-refractivity contribution in [1.29, 1.82) is 5.26 Å². The van der Waals surface area contributed by atoms with Gasteiger partial charge in [0, 0.05) is 55.3 Å². The number of rotatable bonds is 8. The van der Waals surface area contributed by atoms with Crippen molar-refractivity contribution in [3.63, 3.8) is 0 Å². The molecular weight excluding hydrogens is 330 g/mol. The third-order valence-corrected chi connectivity index (χ3v) is 4.17. The summed E-state index contributed by atoms with van der Waals surface area (Å²) < 4.78 is 6.62. The summed E-state index contributed by atoms with van der Waals surface area (Å²) in [5.41, 5.74) is 1.98. The fourth-order valence-corrected chi connectivity index (χ4v) is 2.72. The van der Waals surface area contributed by atoms with Crippen LogP contribution in [0, 0.1) is 11.3 Å². The van der Waals surface area contributed by atoms with Crippen molar-refractivity contribution in [1.82, 2.24) is 9.47 Å². The second-order valence-electron chi connectivity index (χ2n) is 5.98. The molecule has 1 amide bonds. The molecule has 26 heavy (non-hydrogen) atoms. The highest BCUT2D eigenvalue weighted by molar-refractivity contribution is 5.96. The maximum atomic E-state index is 12.2. The lowest BCUT2D eigenvalue weighted by Gasteiger charge is -2.14. The molecule has 2 aromatic rings. The molecule has 1 heterocycles. The van der Waals surface area contributed by atoms with Crippen LogP contribution in [0.4, 0.5) is 0 Å². The van der Waals surface area contributed by atoms with Gasteiger partial charge in [-0.1, -0.05) is 18.2 Å². The summed E-state index contributed by atoms with van der Waals surface area (Å²) >= 11 is 0. The van der Waals surface area contributed by atoms with Crippen molar-refractivity contribution in [2.75, 3.05) is 20.7 Å². The molecule has 0 N–H and O–H groups in total. The van der Waals surface area contributed by atoms with Crippen molar-refractivity contribution in [3.8, 4) is 6.07 Å². The number of amides is 1. The van der Waals surface area contributed by atoms with Gasteiger partial charge in [-0.15, -0.1) is 0 Å². The molecule has 0 radical (unpaired) electrons. The molecule has 1 aromatic carbocycles. The number of fused-ring (bicyclic) bond motifs is 1. The number of esters is 1. The second kappa shape index (κ2) is 9.42. The lowest BCUT2D eigenvalue weighted by Crippen LogP contribution is -2.26. The highest BCUT2D eigenvalue weighted by Gasteiger charge is 2.09. The van der Waals surface area contributed by atoms with Gasteiger partial charge in [0.2, 0.25) is 5.91 Å². The number of aryl methyl sites for hydroxylation is 1. The summed E-state index contributed by atoms with van der Waals surface area (Å²) in [4.78, 5) is 24.9. The Hall–Kier alpha value is -3.07. The van der Waals surface area contributed by atoms with Crippen LogP contribution >= 0.6 is 0 Å². The minimum Gasteiger partial charge on any atom is -0.469 e. The Labute approximate surface area is 153 Å². The third kappa shape index (κ3) is 4.96. The Balaban J connectivity index is 2.06. The molecule has 0 spiro atoms. The molecule has 0 saturated heterocycles. The smallest absolute Gasteiger partial charge is 0.305 e. The van der Waals surface area contributed by atoms with Gasteiger partial charge in [0.25, 0.3) is 0 Å². The van der Waals surface area contributed by atoms with Crippen molar-refractivity contribution in [2.24, 2.45) is 0 Å². The van der Waals surface area contributed by atoms with Gasteiger partial charge in [0.05, 0.1) is 19.6 Å². The minimum atomic E-state index is -0.272. The Morgan fingerprint density at radius 2 is 2.12 bits per heavy atom. The number of hydrogen-bond donors (Lipinski definition) is 0. The van der Waals surface area contributed by atoms with Gasteiger partial charge < -0.3 is 14.2 Å². The van der Waals surface area contributed by atoms with E-state index in [4.69, 9.17) is 5.26 Å². The predicted molar refractivity (Wildman–Crippen MR) is 100 cm³/mol. The van der Waals surface area contributed by atoms with Gasteiger partial charge in [-0.2, -0.15) is 5.26 Å². The zero-order valence-corrected chi connectivity index (χ0v) is 15.1. The number of ether oxygens (including phenoxy) is 1. The maximum absolute atomic E-state index is 12.2. The van der Waals surface area contributed by atoms with E-state index in [1.54, 1.807) is 18.0 Å². The van der Waals surface area contributed by atoms with Crippen LogP contribution in [0.25, 0.3) is 17.0 Å². The van der Waals surface area contributed by atoms with Crippen molar-refractivity contribution >= 4 is 28.9 Å². The van der Waals surface area contributed by atoms with E-state index in [2.05, 4.69) is 10.8 Å². The second-order valence-corrected chi connectivity index (χ2v) is 5.98. The fourth-order valence-electron chi connectivity index (χ4n) is 2.72. The summed E-state index contributed by atoms with van der Waals surface area (Å²) in [7, 11) is 3.06. The minimum absolute atomic E-state index is 0.122. The van der Waals surface area contributed by atoms with Crippen LogP contribution in [-0.2, 0) is 20.9 Å². The van der Waals surface area contributed by atoms with Crippen molar-refractivity contribution in [2.45, 2.75) is 25.8 Å². The SMILES string of the molecule is COC(=O)CCCN(C)C(=O)/C=C/c1cn(CCC#N)c2ccccc12. The zero-order chi connectivity index (χ0) is 18.9. The van der Waals surface area contributed by atoms with Crippen LogP contribution < -0.4 is 0 Å². The van der Waals surface area contributed by atoms with E-state index in [9.17, 15) is 9.59 Å². The third-order valence-electron chi connectivity index (χ3n) is 4.17. The van der Waals surface area contributed by atoms with E-state index >= 15 is 0 Å². The number of aromatic nitrogens is 1. The summed E-state index contributed by atoms with van der Waals surface area (Å²) in [5.74, 6) is -0.393. The predicted octanol–water partition coefficient (Wildman–Crippen LogP) is 2.98. The average Bonchev–Trinajstić information content (AvgIpc) is 3.02. The lowest BCUT2D eigenvalue weighted by molar-refractivity contribution is -0.141. The van der Waals surface area contributed by atoms with E-state index in [1.165, 1.54) is 13.2 Å². The molecule has 0 atom stereocenters. The van der Waals surface area contributed by atoms with E-state index in [0.29, 0.717) is 32.4 Å². The molecule has 0 aliphatic carbocycles. The van der Waals surface area contributed by atoms with E-state index in [0.717, 1.165) is 16.5 Å². The number of carbonyl (C=O) groups excluding carboxylic acids is 2. The molecule has 0 aliphatic heterocycles.